The summed E-state index contributed by atoms with van der Waals surface area (Å²) >= 11 is 1.73. The highest BCUT2D eigenvalue weighted by molar-refractivity contribution is 7.99. The number of benzene rings is 1. The number of carbonyl (C=O) groups excluding carboxylic acids is 2. The molecule has 0 bridgehead atoms. The number of thioether (sulfide) groups is 1. The highest BCUT2D eigenvalue weighted by Crippen LogP contribution is 2.27. The molecule has 3 rings (SSSR count). The van der Waals surface area contributed by atoms with Gasteiger partial charge in [-0.1, -0.05) is 0 Å². The second-order valence-corrected chi connectivity index (χ2v) is 6.10. The molecule has 2 aliphatic rings. The largest absolute Gasteiger partial charge is 0.332 e. The Kier molecular flexibility index (Phi) is 3.65. The van der Waals surface area contributed by atoms with Gasteiger partial charge in [0.25, 0.3) is 0 Å². The number of carbonyl (C=O) groups is 2. The van der Waals surface area contributed by atoms with E-state index in [-0.39, 0.29) is 30.0 Å². The Labute approximate surface area is 120 Å². The molecule has 0 aliphatic carbocycles. The lowest BCUT2D eigenvalue weighted by Crippen LogP contribution is -2.35. The first kappa shape index (κ1) is 13.4. The maximum Gasteiger partial charge on any atom is 0.228 e. The minimum absolute atomic E-state index is 0.0629. The van der Waals surface area contributed by atoms with Gasteiger partial charge in [0.2, 0.25) is 11.8 Å². The summed E-state index contributed by atoms with van der Waals surface area (Å²) in [7, 11) is 0. The van der Waals surface area contributed by atoms with Crippen molar-refractivity contribution in [3.8, 4) is 0 Å². The van der Waals surface area contributed by atoms with Crippen LogP contribution in [-0.4, -0.2) is 41.4 Å². The van der Waals surface area contributed by atoms with Gasteiger partial charge in [0.15, 0.2) is 0 Å². The zero-order valence-electron chi connectivity index (χ0n) is 10.9. The van der Waals surface area contributed by atoms with Crippen molar-refractivity contribution in [2.75, 3.05) is 29.6 Å². The Morgan fingerprint density at radius 1 is 1.30 bits per heavy atom. The zero-order chi connectivity index (χ0) is 14.1. The number of hydrogen-bond acceptors (Lipinski definition) is 3. The molecule has 2 fully saturated rings. The summed E-state index contributed by atoms with van der Waals surface area (Å²) in [5, 5.41) is 0. The molecule has 2 amide bonds. The third-order valence-corrected chi connectivity index (χ3v) is 4.64. The van der Waals surface area contributed by atoms with Crippen LogP contribution in [-0.2, 0) is 9.59 Å². The molecule has 0 aromatic heterocycles. The Hall–Kier alpha value is -1.56. The average molecular weight is 294 g/mol. The Balaban J connectivity index is 1.71. The predicted molar refractivity (Wildman–Crippen MR) is 75.9 cm³/mol. The lowest BCUT2D eigenvalue weighted by atomic mass is 10.1. The Bertz CT molecular complexity index is 528. The number of nitrogens with zero attached hydrogens (tertiary/aromatic N) is 2. The third kappa shape index (κ3) is 2.52. The molecular weight excluding hydrogens is 279 g/mol. The van der Waals surface area contributed by atoms with Crippen LogP contribution in [0.1, 0.15) is 6.42 Å². The normalized spacial score (nSPS) is 22.6. The molecule has 2 heterocycles. The zero-order valence-corrected chi connectivity index (χ0v) is 11.7. The summed E-state index contributed by atoms with van der Waals surface area (Å²) in [5.41, 5.74) is 0.655. The van der Waals surface area contributed by atoms with Crippen molar-refractivity contribution in [2.24, 2.45) is 5.92 Å². The van der Waals surface area contributed by atoms with Crippen LogP contribution >= 0.6 is 11.8 Å². The van der Waals surface area contributed by atoms with Crippen LogP contribution in [0.15, 0.2) is 24.3 Å². The highest BCUT2D eigenvalue weighted by Gasteiger charge is 2.37. The number of hydrogen-bond donors (Lipinski definition) is 0. The number of amides is 2. The summed E-state index contributed by atoms with van der Waals surface area (Å²) in [6.07, 6.45) is 0.247. The van der Waals surface area contributed by atoms with E-state index < -0.39 is 0 Å². The summed E-state index contributed by atoms with van der Waals surface area (Å²) in [4.78, 5) is 27.7. The summed E-state index contributed by atoms with van der Waals surface area (Å²) in [6, 6.07) is 5.81. The van der Waals surface area contributed by atoms with Crippen LogP contribution in [0.2, 0.25) is 0 Å². The van der Waals surface area contributed by atoms with Crippen molar-refractivity contribution < 1.29 is 14.0 Å². The van der Waals surface area contributed by atoms with Crippen molar-refractivity contribution in [3.05, 3.63) is 30.1 Å². The van der Waals surface area contributed by atoms with Gasteiger partial charge in [-0.05, 0) is 24.3 Å². The number of halogens is 1. The first-order valence-electron chi connectivity index (χ1n) is 6.57. The maximum absolute atomic E-state index is 12.9. The van der Waals surface area contributed by atoms with E-state index in [9.17, 15) is 14.0 Å². The van der Waals surface area contributed by atoms with E-state index >= 15 is 0 Å². The lowest BCUT2D eigenvalue weighted by Gasteiger charge is -2.20. The Morgan fingerprint density at radius 3 is 2.70 bits per heavy atom. The molecule has 4 nitrogen and oxygen atoms in total. The minimum atomic E-state index is -0.331. The number of rotatable bonds is 2. The van der Waals surface area contributed by atoms with Gasteiger partial charge in [-0.15, -0.1) is 11.8 Å². The fraction of sp³-hybridized carbons (Fsp3) is 0.429. The molecule has 0 radical (unpaired) electrons. The van der Waals surface area contributed by atoms with Crippen LogP contribution < -0.4 is 4.90 Å². The summed E-state index contributed by atoms with van der Waals surface area (Å²) < 4.78 is 12.9. The van der Waals surface area contributed by atoms with E-state index in [2.05, 4.69) is 0 Å². The van der Waals surface area contributed by atoms with E-state index in [0.29, 0.717) is 12.2 Å². The van der Waals surface area contributed by atoms with Gasteiger partial charge in [0.05, 0.1) is 11.8 Å². The molecular formula is C14H15FN2O2S. The monoisotopic (exact) mass is 294 g/mol. The molecule has 2 saturated heterocycles. The van der Waals surface area contributed by atoms with Gasteiger partial charge in [-0.3, -0.25) is 9.59 Å². The lowest BCUT2D eigenvalue weighted by molar-refractivity contribution is -0.134. The molecule has 2 aliphatic heterocycles. The predicted octanol–water partition coefficient (Wildman–Crippen LogP) is 1.71. The molecule has 6 heteroatoms. The molecule has 1 unspecified atom stereocenters. The summed E-state index contributed by atoms with van der Waals surface area (Å²) in [6.45, 7) is 1.16. The number of anilines is 1. The standard InChI is InChI=1S/C14H15FN2O2S/c15-11-1-3-12(4-2-11)17-8-10(7-13(17)18)14(19)16-5-6-20-9-16/h1-4,10H,5-9H2. The second-order valence-electron chi connectivity index (χ2n) is 5.02. The van der Waals surface area contributed by atoms with Crippen LogP contribution in [0.3, 0.4) is 0 Å². The van der Waals surface area contributed by atoms with Crippen LogP contribution in [0.25, 0.3) is 0 Å². The van der Waals surface area contributed by atoms with Gasteiger partial charge in [0.1, 0.15) is 5.82 Å². The minimum Gasteiger partial charge on any atom is -0.332 e. The van der Waals surface area contributed by atoms with Crippen molar-refractivity contribution in [1.82, 2.24) is 4.90 Å². The first-order valence-corrected chi connectivity index (χ1v) is 7.73. The van der Waals surface area contributed by atoms with Gasteiger partial charge in [0, 0.05) is 31.0 Å². The summed E-state index contributed by atoms with van der Waals surface area (Å²) in [5.74, 6) is 1.08. The fourth-order valence-electron chi connectivity index (χ4n) is 2.59. The third-order valence-electron chi connectivity index (χ3n) is 3.68. The van der Waals surface area contributed by atoms with Gasteiger partial charge in [-0.2, -0.15) is 0 Å². The highest BCUT2D eigenvalue weighted by atomic mass is 32.2. The molecule has 0 N–H and O–H groups in total. The van der Waals surface area contributed by atoms with Crippen LogP contribution in [0, 0.1) is 11.7 Å². The van der Waals surface area contributed by atoms with E-state index in [4.69, 9.17) is 0 Å². The second kappa shape index (κ2) is 5.44. The van der Waals surface area contributed by atoms with Crippen molar-refractivity contribution >= 4 is 29.3 Å². The van der Waals surface area contributed by atoms with Gasteiger partial charge in [-0.25, -0.2) is 4.39 Å². The molecule has 1 atom stereocenters. The smallest absolute Gasteiger partial charge is 0.228 e. The first-order chi connectivity index (χ1) is 9.65. The Morgan fingerprint density at radius 2 is 2.05 bits per heavy atom. The van der Waals surface area contributed by atoms with Crippen molar-refractivity contribution in [2.45, 2.75) is 6.42 Å². The molecule has 20 heavy (non-hydrogen) atoms. The molecule has 1 aromatic carbocycles. The molecule has 0 spiro atoms. The van der Waals surface area contributed by atoms with Crippen LogP contribution in [0.5, 0.6) is 0 Å². The van der Waals surface area contributed by atoms with Gasteiger partial charge < -0.3 is 9.80 Å². The van der Waals surface area contributed by atoms with E-state index in [0.717, 1.165) is 18.2 Å². The quantitative estimate of drug-likeness (QED) is 0.834. The molecule has 1 aromatic rings. The molecule has 106 valence electrons. The molecule has 0 saturated carbocycles. The fourth-order valence-corrected chi connectivity index (χ4v) is 3.54. The maximum atomic E-state index is 12.9. The SMILES string of the molecule is O=C(C1CC(=O)N(c2ccc(F)cc2)C1)N1CCSC1. The van der Waals surface area contributed by atoms with E-state index in [1.54, 1.807) is 28.8 Å². The van der Waals surface area contributed by atoms with Crippen molar-refractivity contribution in [1.29, 1.82) is 0 Å². The van der Waals surface area contributed by atoms with E-state index in [1.165, 1.54) is 12.1 Å². The topological polar surface area (TPSA) is 40.6 Å². The van der Waals surface area contributed by atoms with Crippen molar-refractivity contribution in [3.63, 3.8) is 0 Å². The average Bonchev–Trinajstić information content (AvgIpc) is 3.08. The van der Waals surface area contributed by atoms with Crippen LogP contribution in [0.4, 0.5) is 10.1 Å². The van der Waals surface area contributed by atoms with Gasteiger partial charge >= 0.3 is 0 Å². The van der Waals surface area contributed by atoms with E-state index in [1.807, 2.05) is 4.90 Å².